The summed E-state index contributed by atoms with van der Waals surface area (Å²) in [5.74, 6) is -0.397. The Hall–Kier alpha value is -3.55. The first-order valence-corrected chi connectivity index (χ1v) is 9.32. The third-order valence-corrected chi connectivity index (χ3v) is 4.98. The molecule has 1 aromatic heterocycles. The summed E-state index contributed by atoms with van der Waals surface area (Å²) in [5, 5.41) is 10.4. The van der Waals surface area contributed by atoms with Crippen LogP contribution >= 0.6 is 0 Å². The van der Waals surface area contributed by atoms with Gasteiger partial charge in [0.1, 0.15) is 5.82 Å². The van der Waals surface area contributed by atoms with Crippen LogP contribution in [0.4, 0.5) is 10.1 Å². The molecular weight excluding hydrogens is 375 g/mol. The third-order valence-electron chi connectivity index (χ3n) is 4.98. The Balaban J connectivity index is 1.34. The minimum absolute atomic E-state index is 0.0819. The molecule has 148 valence electrons. The van der Waals surface area contributed by atoms with Crippen LogP contribution in [0.1, 0.15) is 23.2 Å². The lowest BCUT2D eigenvalue weighted by molar-refractivity contribution is -0.121. The molecule has 0 radical (unpaired) electrons. The van der Waals surface area contributed by atoms with Crippen LogP contribution in [0, 0.1) is 11.7 Å². The van der Waals surface area contributed by atoms with E-state index in [2.05, 4.69) is 15.5 Å². The van der Waals surface area contributed by atoms with E-state index in [0.717, 1.165) is 5.56 Å². The van der Waals surface area contributed by atoms with Crippen molar-refractivity contribution in [2.75, 3.05) is 18.4 Å². The summed E-state index contributed by atoms with van der Waals surface area (Å²) in [6.07, 6.45) is 2.39. The summed E-state index contributed by atoms with van der Waals surface area (Å²) < 4.78 is 18.2. The van der Waals surface area contributed by atoms with Crippen LogP contribution in [0.2, 0.25) is 0 Å². The number of aromatic nitrogens is 2. The van der Waals surface area contributed by atoms with Gasteiger partial charge < -0.3 is 14.6 Å². The van der Waals surface area contributed by atoms with Crippen molar-refractivity contribution in [3.63, 3.8) is 0 Å². The van der Waals surface area contributed by atoms with Crippen LogP contribution in [-0.2, 0) is 4.79 Å². The average Bonchev–Trinajstić information content (AvgIpc) is 3.29. The van der Waals surface area contributed by atoms with Gasteiger partial charge in [0.15, 0.2) is 0 Å². The molecule has 0 bridgehead atoms. The van der Waals surface area contributed by atoms with Crippen LogP contribution in [-0.4, -0.2) is 40.0 Å². The minimum atomic E-state index is -0.375. The van der Waals surface area contributed by atoms with Crippen LogP contribution < -0.4 is 5.32 Å². The zero-order valence-electron chi connectivity index (χ0n) is 15.5. The maximum atomic E-state index is 13.0. The number of nitrogens with one attached hydrogen (secondary N) is 1. The molecule has 0 saturated carbocycles. The predicted octanol–water partition coefficient (Wildman–Crippen LogP) is 3.37. The van der Waals surface area contributed by atoms with E-state index in [0.29, 0.717) is 43.1 Å². The Morgan fingerprint density at radius 3 is 2.55 bits per heavy atom. The summed E-state index contributed by atoms with van der Waals surface area (Å²) in [6, 6.07) is 12.7. The van der Waals surface area contributed by atoms with Crippen molar-refractivity contribution in [2.24, 2.45) is 5.92 Å². The monoisotopic (exact) mass is 394 g/mol. The third kappa shape index (κ3) is 4.31. The molecule has 7 nitrogen and oxygen atoms in total. The molecule has 29 heavy (non-hydrogen) atoms. The molecule has 0 unspecified atom stereocenters. The second-order valence-corrected chi connectivity index (χ2v) is 6.89. The minimum Gasteiger partial charge on any atom is -0.423 e. The molecule has 3 aromatic rings. The van der Waals surface area contributed by atoms with E-state index >= 15 is 0 Å². The highest BCUT2D eigenvalue weighted by Gasteiger charge is 2.28. The van der Waals surface area contributed by atoms with Gasteiger partial charge in [0.2, 0.25) is 18.2 Å². The fourth-order valence-corrected chi connectivity index (χ4v) is 3.39. The van der Waals surface area contributed by atoms with Gasteiger partial charge in [-0.1, -0.05) is 6.07 Å². The van der Waals surface area contributed by atoms with Gasteiger partial charge in [-0.15, -0.1) is 10.2 Å². The molecular formula is C21H19FN4O3. The van der Waals surface area contributed by atoms with E-state index in [1.807, 2.05) is 6.07 Å². The van der Waals surface area contributed by atoms with Gasteiger partial charge in [-0.05, 0) is 55.3 Å². The van der Waals surface area contributed by atoms with E-state index in [4.69, 9.17) is 4.42 Å². The number of nitrogens with zero attached hydrogens (tertiary/aromatic N) is 3. The number of rotatable bonds is 4. The second-order valence-electron chi connectivity index (χ2n) is 6.89. The number of benzene rings is 2. The number of amides is 2. The normalized spacial score (nSPS) is 14.6. The largest absolute Gasteiger partial charge is 0.423 e. The summed E-state index contributed by atoms with van der Waals surface area (Å²) in [6.45, 7) is 0.965. The van der Waals surface area contributed by atoms with Gasteiger partial charge in [0.05, 0.1) is 0 Å². The molecule has 1 aliphatic heterocycles. The van der Waals surface area contributed by atoms with Gasteiger partial charge in [0, 0.05) is 35.8 Å². The Labute approximate surface area is 166 Å². The molecule has 4 rings (SSSR count). The molecule has 1 N–H and O–H groups in total. The maximum absolute atomic E-state index is 13.0. The van der Waals surface area contributed by atoms with E-state index in [1.54, 1.807) is 23.1 Å². The molecule has 0 spiro atoms. The molecule has 1 fully saturated rings. The molecule has 0 atom stereocenters. The number of hydrogen-bond donors (Lipinski definition) is 1. The van der Waals surface area contributed by atoms with E-state index < -0.39 is 0 Å². The highest BCUT2D eigenvalue weighted by molar-refractivity contribution is 5.95. The Kier molecular flexibility index (Phi) is 5.33. The summed E-state index contributed by atoms with van der Waals surface area (Å²) in [4.78, 5) is 26.9. The quantitative estimate of drug-likeness (QED) is 0.733. The molecule has 2 amide bonds. The number of hydrogen-bond acceptors (Lipinski definition) is 5. The van der Waals surface area contributed by atoms with Gasteiger partial charge in [-0.3, -0.25) is 9.59 Å². The molecule has 2 heterocycles. The highest BCUT2D eigenvalue weighted by atomic mass is 19.1. The molecule has 1 saturated heterocycles. The second kappa shape index (κ2) is 8.22. The maximum Gasteiger partial charge on any atom is 0.253 e. The van der Waals surface area contributed by atoms with Gasteiger partial charge in [-0.2, -0.15) is 0 Å². The van der Waals surface area contributed by atoms with Gasteiger partial charge in [0.25, 0.3) is 5.91 Å². The van der Waals surface area contributed by atoms with Crippen molar-refractivity contribution in [1.82, 2.24) is 15.1 Å². The van der Waals surface area contributed by atoms with E-state index in [9.17, 15) is 14.0 Å². The van der Waals surface area contributed by atoms with Crippen LogP contribution in [0.15, 0.2) is 59.3 Å². The fraction of sp³-hybridized carbons (Fsp3) is 0.238. The topological polar surface area (TPSA) is 88.3 Å². The van der Waals surface area contributed by atoms with Gasteiger partial charge in [-0.25, -0.2) is 4.39 Å². The number of piperidine rings is 1. The smallest absolute Gasteiger partial charge is 0.253 e. The SMILES string of the molecule is O=C(Nc1cccc(-c2nnco2)c1)C1CCN(C(=O)c2ccc(F)cc2)CC1. The van der Waals surface area contributed by atoms with Crippen LogP contribution in [0.5, 0.6) is 0 Å². The van der Waals surface area contributed by atoms with Crippen LogP contribution in [0.3, 0.4) is 0 Å². The lowest BCUT2D eigenvalue weighted by Crippen LogP contribution is -2.41. The first kappa shape index (κ1) is 18.8. The van der Waals surface area contributed by atoms with E-state index in [-0.39, 0.29) is 23.5 Å². The average molecular weight is 394 g/mol. The summed E-state index contributed by atoms with van der Waals surface area (Å²) in [5.41, 5.74) is 1.82. The summed E-state index contributed by atoms with van der Waals surface area (Å²) >= 11 is 0. The molecule has 2 aromatic carbocycles. The van der Waals surface area contributed by atoms with Crippen molar-refractivity contribution < 1.29 is 18.4 Å². The fourth-order valence-electron chi connectivity index (χ4n) is 3.39. The van der Waals surface area contributed by atoms with Crippen molar-refractivity contribution in [3.8, 4) is 11.5 Å². The zero-order valence-corrected chi connectivity index (χ0v) is 15.5. The van der Waals surface area contributed by atoms with Crippen molar-refractivity contribution in [3.05, 3.63) is 66.3 Å². The lowest BCUT2D eigenvalue weighted by Gasteiger charge is -2.31. The van der Waals surface area contributed by atoms with Crippen molar-refractivity contribution in [2.45, 2.75) is 12.8 Å². The number of carbonyl (C=O) groups excluding carboxylic acids is 2. The molecule has 8 heteroatoms. The zero-order chi connectivity index (χ0) is 20.2. The number of anilines is 1. The Morgan fingerprint density at radius 2 is 1.86 bits per heavy atom. The standard InChI is InChI=1S/C21H19FN4O3/c22-17-6-4-15(5-7-17)21(28)26-10-8-14(9-11-26)19(27)24-18-3-1-2-16(12-18)20-25-23-13-29-20/h1-7,12-14H,8-11H2,(H,24,27). The number of halogens is 1. The first-order valence-electron chi connectivity index (χ1n) is 9.32. The predicted molar refractivity (Wildman–Crippen MR) is 103 cm³/mol. The Bertz CT molecular complexity index is 997. The molecule has 0 aliphatic carbocycles. The van der Waals surface area contributed by atoms with Crippen molar-refractivity contribution in [1.29, 1.82) is 0 Å². The Morgan fingerprint density at radius 1 is 1.10 bits per heavy atom. The van der Waals surface area contributed by atoms with Crippen molar-refractivity contribution >= 4 is 17.5 Å². The molecule has 1 aliphatic rings. The lowest BCUT2D eigenvalue weighted by atomic mass is 9.95. The highest BCUT2D eigenvalue weighted by Crippen LogP contribution is 2.24. The van der Waals surface area contributed by atoms with Crippen LogP contribution in [0.25, 0.3) is 11.5 Å². The summed E-state index contributed by atoms with van der Waals surface area (Å²) in [7, 11) is 0. The number of carbonyl (C=O) groups is 2. The van der Waals surface area contributed by atoms with Gasteiger partial charge >= 0.3 is 0 Å². The number of likely N-dealkylation sites (tertiary alicyclic amines) is 1. The first-order chi connectivity index (χ1) is 14.1. The van der Waals surface area contributed by atoms with E-state index in [1.165, 1.54) is 30.7 Å².